The molecule has 1 aliphatic heterocycles. The molecule has 0 aliphatic carbocycles. The van der Waals surface area contributed by atoms with Gasteiger partial charge < -0.3 is 15.2 Å². The van der Waals surface area contributed by atoms with Crippen LogP contribution >= 0.6 is 0 Å². The topological polar surface area (TPSA) is 92.7 Å². The summed E-state index contributed by atoms with van der Waals surface area (Å²) in [6.45, 7) is 2.15. The van der Waals surface area contributed by atoms with Crippen LogP contribution in [0.4, 0.5) is 0 Å². The molecule has 1 fully saturated rings. The second-order valence-electron chi connectivity index (χ2n) is 3.75. The van der Waals surface area contributed by atoms with E-state index >= 15 is 0 Å². The van der Waals surface area contributed by atoms with Gasteiger partial charge in [0.1, 0.15) is 6.10 Å². The maximum atomic E-state index is 11.6. The highest BCUT2D eigenvalue weighted by Crippen LogP contribution is 2.19. The molecule has 0 spiro atoms. The van der Waals surface area contributed by atoms with Crippen molar-refractivity contribution >= 4 is 22.7 Å². The predicted octanol–water partition coefficient (Wildman–Crippen LogP) is -0.497. The van der Waals surface area contributed by atoms with E-state index in [0.29, 0.717) is 30.9 Å². The Balaban J connectivity index is 2.25. The van der Waals surface area contributed by atoms with Gasteiger partial charge in [-0.3, -0.25) is 9.00 Å². The zero-order chi connectivity index (χ0) is 12.8. The van der Waals surface area contributed by atoms with Crippen LogP contribution in [0.3, 0.4) is 0 Å². The molecule has 0 saturated carbocycles. The van der Waals surface area contributed by atoms with Gasteiger partial charge in [-0.25, -0.2) is 4.79 Å². The Morgan fingerprint density at radius 3 is 2.59 bits per heavy atom. The van der Waals surface area contributed by atoms with Crippen molar-refractivity contribution in [3.05, 3.63) is 0 Å². The Morgan fingerprint density at radius 1 is 1.41 bits per heavy atom. The summed E-state index contributed by atoms with van der Waals surface area (Å²) in [5, 5.41) is 11.3. The lowest BCUT2D eigenvalue weighted by Gasteiger charge is -2.11. The number of carboxylic acid groups (broad SMARTS) is 1. The number of rotatable bonds is 6. The minimum Gasteiger partial charge on any atom is -0.479 e. The largest absolute Gasteiger partial charge is 0.479 e. The highest BCUT2D eigenvalue weighted by atomic mass is 32.2. The van der Waals surface area contributed by atoms with E-state index in [1.807, 2.05) is 6.92 Å². The Bertz CT molecular complexity index is 320. The van der Waals surface area contributed by atoms with E-state index in [9.17, 15) is 13.8 Å². The van der Waals surface area contributed by atoms with Crippen LogP contribution in [-0.2, 0) is 25.1 Å². The Hall–Kier alpha value is -0.950. The van der Waals surface area contributed by atoms with E-state index in [2.05, 4.69) is 5.32 Å². The van der Waals surface area contributed by atoms with E-state index in [0.717, 1.165) is 0 Å². The third-order valence-corrected chi connectivity index (χ3v) is 3.84. The van der Waals surface area contributed by atoms with Crippen LogP contribution in [0.1, 0.15) is 19.8 Å². The zero-order valence-electron chi connectivity index (χ0n) is 9.68. The fraction of sp³-hybridized carbons (Fsp3) is 0.800. The van der Waals surface area contributed by atoms with Crippen LogP contribution in [0.25, 0.3) is 0 Å². The second-order valence-corrected chi connectivity index (χ2v) is 5.62. The van der Waals surface area contributed by atoms with Gasteiger partial charge in [0.05, 0.1) is 0 Å². The van der Waals surface area contributed by atoms with Crippen LogP contribution in [0.15, 0.2) is 0 Å². The summed E-state index contributed by atoms with van der Waals surface area (Å²) in [5.41, 5.74) is 0. The van der Waals surface area contributed by atoms with Crippen molar-refractivity contribution in [1.82, 2.24) is 5.32 Å². The second kappa shape index (κ2) is 6.70. The molecule has 1 rings (SSSR count). The molecule has 6 nitrogen and oxygen atoms in total. The van der Waals surface area contributed by atoms with Gasteiger partial charge in [0.25, 0.3) is 0 Å². The van der Waals surface area contributed by atoms with Gasteiger partial charge >= 0.3 is 5.97 Å². The number of carbonyl (C=O) groups is 2. The van der Waals surface area contributed by atoms with E-state index < -0.39 is 29.0 Å². The van der Waals surface area contributed by atoms with Crippen molar-refractivity contribution in [2.75, 3.05) is 18.1 Å². The third kappa shape index (κ3) is 4.43. The summed E-state index contributed by atoms with van der Waals surface area (Å²) >= 11 is 0. The molecule has 1 heterocycles. The van der Waals surface area contributed by atoms with Crippen LogP contribution in [0.5, 0.6) is 0 Å². The van der Waals surface area contributed by atoms with Gasteiger partial charge in [-0.2, -0.15) is 0 Å². The lowest BCUT2D eigenvalue weighted by atomic mass is 10.2. The van der Waals surface area contributed by atoms with Crippen molar-refractivity contribution in [1.29, 1.82) is 0 Å². The summed E-state index contributed by atoms with van der Waals surface area (Å²) in [5.74, 6) is -0.372. The maximum Gasteiger partial charge on any atom is 0.332 e. The number of aliphatic carboxylic acids is 1. The Morgan fingerprint density at radius 2 is 2.06 bits per heavy atom. The highest BCUT2D eigenvalue weighted by molar-refractivity contribution is 7.84. The van der Waals surface area contributed by atoms with E-state index in [-0.39, 0.29) is 5.91 Å². The van der Waals surface area contributed by atoms with Crippen molar-refractivity contribution in [3.63, 3.8) is 0 Å². The molecule has 2 N–H and O–H groups in total. The Kier molecular flexibility index (Phi) is 5.57. The van der Waals surface area contributed by atoms with Crippen molar-refractivity contribution < 1.29 is 23.6 Å². The molecule has 3 atom stereocenters. The van der Waals surface area contributed by atoms with Gasteiger partial charge in [-0.05, 0) is 12.8 Å². The lowest BCUT2D eigenvalue weighted by molar-refractivity contribution is -0.151. The SMILES string of the molecule is CCS(=O)CCNC(=O)[C@@H]1CC[C@H](C(=O)O)O1. The van der Waals surface area contributed by atoms with Gasteiger partial charge in [0, 0.05) is 28.9 Å². The quantitative estimate of drug-likeness (QED) is 0.674. The van der Waals surface area contributed by atoms with E-state index in [1.165, 1.54) is 0 Å². The molecule has 17 heavy (non-hydrogen) atoms. The summed E-state index contributed by atoms with van der Waals surface area (Å²) in [6.07, 6.45) is -0.796. The molecule has 0 aromatic rings. The molecule has 1 aliphatic rings. The summed E-state index contributed by atoms with van der Waals surface area (Å²) in [6, 6.07) is 0. The van der Waals surface area contributed by atoms with Crippen molar-refractivity contribution in [2.45, 2.75) is 32.0 Å². The molecule has 1 saturated heterocycles. The monoisotopic (exact) mass is 263 g/mol. The Labute approximate surface area is 102 Å². The van der Waals surface area contributed by atoms with Gasteiger partial charge in [0.2, 0.25) is 5.91 Å². The number of nitrogens with one attached hydrogen (secondary N) is 1. The average Bonchev–Trinajstić information content (AvgIpc) is 2.78. The van der Waals surface area contributed by atoms with E-state index in [4.69, 9.17) is 9.84 Å². The summed E-state index contributed by atoms with van der Waals surface area (Å²) < 4.78 is 16.2. The minimum atomic E-state index is -1.03. The normalized spacial score (nSPS) is 25.5. The fourth-order valence-corrected chi connectivity index (χ4v) is 2.18. The third-order valence-electron chi connectivity index (χ3n) is 2.54. The van der Waals surface area contributed by atoms with Crippen LogP contribution in [-0.4, -0.2) is 51.5 Å². The number of ether oxygens (including phenoxy) is 1. The molecule has 7 heteroatoms. The van der Waals surface area contributed by atoms with Gasteiger partial charge in [0.15, 0.2) is 6.10 Å². The molecule has 0 radical (unpaired) electrons. The predicted molar refractivity (Wildman–Crippen MR) is 62.1 cm³/mol. The number of carboxylic acids is 1. The first-order valence-electron chi connectivity index (χ1n) is 5.55. The number of hydrogen-bond acceptors (Lipinski definition) is 4. The smallest absolute Gasteiger partial charge is 0.332 e. The average molecular weight is 263 g/mol. The lowest BCUT2D eigenvalue weighted by Crippen LogP contribution is -2.37. The molecule has 1 amide bonds. The molecule has 0 aromatic carbocycles. The van der Waals surface area contributed by atoms with Crippen molar-refractivity contribution in [2.24, 2.45) is 0 Å². The zero-order valence-corrected chi connectivity index (χ0v) is 10.5. The number of amides is 1. The molecule has 98 valence electrons. The van der Waals surface area contributed by atoms with Crippen molar-refractivity contribution in [3.8, 4) is 0 Å². The van der Waals surface area contributed by atoms with Gasteiger partial charge in [-0.1, -0.05) is 6.92 Å². The summed E-state index contributed by atoms with van der Waals surface area (Å²) in [4.78, 5) is 22.2. The number of hydrogen-bond donors (Lipinski definition) is 2. The molecule has 0 bridgehead atoms. The molecular weight excluding hydrogens is 246 g/mol. The summed E-state index contributed by atoms with van der Waals surface area (Å²) in [7, 11) is -0.909. The van der Waals surface area contributed by atoms with E-state index in [1.54, 1.807) is 0 Å². The standard InChI is InChI=1S/C10H17NO5S/c1-2-17(15)6-5-11-9(12)7-3-4-8(16-7)10(13)14/h7-8H,2-6H2,1H3,(H,11,12)(H,13,14)/t7-,8+,17?/m0/s1. The molecule has 1 unspecified atom stereocenters. The first-order chi connectivity index (χ1) is 8.04. The molecule has 0 aromatic heterocycles. The van der Waals surface area contributed by atoms with Gasteiger partial charge in [-0.15, -0.1) is 0 Å². The number of carbonyl (C=O) groups excluding carboxylic acids is 1. The van der Waals surface area contributed by atoms with Crippen LogP contribution in [0, 0.1) is 0 Å². The maximum absolute atomic E-state index is 11.6. The first kappa shape index (κ1) is 14.1. The van der Waals surface area contributed by atoms with Crippen LogP contribution < -0.4 is 5.32 Å². The fourth-order valence-electron chi connectivity index (χ4n) is 1.56. The minimum absolute atomic E-state index is 0.318. The van der Waals surface area contributed by atoms with Crippen LogP contribution in [0.2, 0.25) is 0 Å². The highest BCUT2D eigenvalue weighted by Gasteiger charge is 2.34. The first-order valence-corrected chi connectivity index (χ1v) is 7.04. The molecular formula is C10H17NO5S.